The van der Waals surface area contributed by atoms with Gasteiger partial charge in [-0.2, -0.15) is 0 Å². The third-order valence-corrected chi connectivity index (χ3v) is 6.04. The fourth-order valence-corrected chi connectivity index (χ4v) is 4.36. The molecule has 31 heavy (non-hydrogen) atoms. The Morgan fingerprint density at radius 3 is 2.48 bits per heavy atom. The minimum absolute atomic E-state index is 0.300. The molecule has 2 aromatic heterocycles. The molecule has 0 spiro atoms. The summed E-state index contributed by atoms with van der Waals surface area (Å²) in [6, 6.07) is 16.2. The molecule has 2 aromatic carbocycles. The highest BCUT2D eigenvalue weighted by atomic mass is 32.2. The summed E-state index contributed by atoms with van der Waals surface area (Å²) < 4.78 is 19.8. The summed E-state index contributed by atoms with van der Waals surface area (Å²) in [4.78, 5) is 21.5. The molecule has 7 heteroatoms. The molecule has 0 fully saturated rings. The molecular weight excluding hydrogens is 413 g/mol. The molecule has 4 aromatic rings. The highest BCUT2D eigenvalue weighted by Crippen LogP contribution is 2.41. The second-order valence-corrected chi connectivity index (χ2v) is 9.08. The molecule has 0 bridgehead atoms. The number of rotatable bonds is 6. The predicted molar refractivity (Wildman–Crippen MR) is 121 cm³/mol. The first-order chi connectivity index (χ1) is 14.9. The number of thioether (sulfide) groups is 1. The van der Waals surface area contributed by atoms with Gasteiger partial charge in [0, 0.05) is 17.4 Å². The van der Waals surface area contributed by atoms with Crippen LogP contribution in [0, 0.1) is 5.82 Å². The predicted octanol–water partition coefficient (Wildman–Crippen LogP) is 5.66. The molecule has 0 unspecified atom stereocenters. The van der Waals surface area contributed by atoms with Gasteiger partial charge in [-0.3, -0.25) is 4.79 Å². The van der Waals surface area contributed by atoms with Crippen LogP contribution in [0.2, 0.25) is 0 Å². The van der Waals surface area contributed by atoms with E-state index in [9.17, 15) is 9.18 Å². The van der Waals surface area contributed by atoms with E-state index in [0.29, 0.717) is 17.3 Å². The van der Waals surface area contributed by atoms with E-state index in [4.69, 9.17) is 4.74 Å². The van der Waals surface area contributed by atoms with Gasteiger partial charge in [-0.1, -0.05) is 42.1 Å². The van der Waals surface area contributed by atoms with Gasteiger partial charge in [-0.25, -0.2) is 14.4 Å². The first-order valence-electron chi connectivity index (χ1n) is 9.94. The summed E-state index contributed by atoms with van der Waals surface area (Å²) in [7, 11) is 0. The summed E-state index contributed by atoms with van der Waals surface area (Å²) >= 11 is 1.34. The van der Waals surface area contributed by atoms with Crippen molar-refractivity contribution in [3.05, 3.63) is 72.9 Å². The summed E-state index contributed by atoms with van der Waals surface area (Å²) in [5, 5.41) is 1.52. The largest absolute Gasteiger partial charge is 0.465 e. The SMILES string of the molecule is CCOC(=O)C(C)(C)Sc1ncnc2c1c(-c1ccccc1)cn2-c1ccc(F)cc1. The third kappa shape index (κ3) is 4.18. The van der Waals surface area contributed by atoms with E-state index in [1.54, 1.807) is 19.1 Å². The summed E-state index contributed by atoms with van der Waals surface area (Å²) in [5.41, 5.74) is 3.40. The molecule has 2 heterocycles. The van der Waals surface area contributed by atoms with Crippen molar-refractivity contribution in [2.45, 2.75) is 30.5 Å². The lowest BCUT2D eigenvalue weighted by molar-refractivity contribution is -0.145. The first kappa shape index (κ1) is 21.1. The van der Waals surface area contributed by atoms with Gasteiger partial charge in [-0.15, -0.1) is 0 Å². The second-order valence-electron chi connectivity index (χ2n) is 7.47. The van der Waals surface area contributed by atoms with Crippen molar-refractivity contribution in [2.24, 2.45) is 0 Å². The fraction of sp³-hybridized carbons (Fsp3) is 0.208. The molecule has 0 radical (unpaired) electrons. The molecule has 4 rings (SSSR count). The second kappa shape index (κ2) is 8.51. The Labute approximate surface area is 184 Å². The Balaban J connectivity index is 1.92. The smallest absolute Gasteiger partial charge is 0.322 e. The first-order valence-corrected chi connectivity index (χ1v) is 10.8. The molecule has 0 saturated carbocycles. The van der Waals surface area contributed by atoms with Crippen LogP contribution in [0.5, 0.6) is 0 Å². The number of hydrogen-bond acceptors (Lipinski definition) is 5. The number of ether oxygens (including phenoxy) is 1. The van der Waals surface area contributed by atoms with Crippen molar-refractivity contribution in [1.29, 1.82) is 0 Å². The van der Waals surface area contributed by atoms with Gasteiger partial charge < -0.3 is 9.30 Å². The van der Waals surface area contributed by atoms with Crippen LogP contribution in [0.15, 0.2) is 72.1 Å². The van der Waals surface area contributed by atoms with Crippen LogP contribution in [0.4, 0.5) is 4.39 Å². The average molecular weight is 436 g/mol. The minimum Gasteiger partial charge on any atom is -0.465 e. The number of halogens is 1. The van der Waals surface area contributed by atoms with Gasteiger partial charge in [-0.05, 0) is 50.6 Å². The van der Waals surface area contributed by atoms with Crippen molar-refractivity contribution < 1.29 is 13.9 Å². The Bertz CT molecular complexity index is 1220. The molecule has 0 aliphatic rings. The topological polar surface area (TPSA) is 57.0 Å². The van der Waals surface area contributed by atoms with Gasteiger partial charge in [0.1, 0.15) is 27.6 Å². The van der Waals surface area contributed by atoms with Crippen molar-refractivity contribution in [3.63, 3.8) is 0 Å². The summed E-state index contributed by atoms with van der Waals surface area (Å²) in [6.07, 6.45) is 3.46. The molecule has 0 aliphatic carbocycles. The monoisotopic (exact) mass is 435 g/mol. The number of carbonyl (C=O) groups excluding carboxylic acids is 1. The number of hydrogen-bond donors (Lipinski definition) is 0. The molecule has 5 nitrogen and oxygen atoms in total. The van der Waals surface area contributed by atoms with Gasteiger partial charge in [0.25, 0.3) is 0 Å². The molecule has 158 valence electrons. The normalized spacial score (nSPS) is 11.6. The molecule has 0 atom stereocenters. The lowest BCUT2D eigenvalue weighted by atomic mass is 10.1. The number of benzene rings is 2. The molecular formula is C24H22FN3O2S. The number of esters is 1. The maximum absolute atomic E-state index is 13.5. The van der Waals surface area contributed by atoms with Crippen LogP contribution in [-0.2, 0) is 9.53 Å². The van der Waals surface area contributed by atoms with Gasteiger partial charge in [0.15, 0.2) is 0 Å². The molecule has 0 N–H and O–H groups in total. The van der Waals surface area contributed by atoms with E-state index in [1.807, 2.05) is 54.9 Å². The summed E-state index contributed by atoms with van der Waals surface area (Å²) in [6.45, 7) is 5.75. The number of nitrogens with zero attached hydrogens (tertiary/aromatic N) is 3. The van der Waals surface area contributed by atoms with E-state index in [-0.39, 0.29) is 11.8 Å². The third-order valence-electron chi connectivity index (χ3n) is 4.86. The zero-order valence-corrected chi connectivity index (χ0v) is 18.3. The van der Waals surface area contributed by atoms with Gasteiger partial charge >= 0.3 is 5.97 Å². The standard InChI is InChI=1S/C24H22FN3O2S/c1-4-30-23(29)24(2,3)31-22-20-19(16-8-6-5-7-9-16)14-28(21(20)26-15-27-22)18-12-10-17(25)11-13-18/h5-15H,4H2,1-3H3. The van der Waals surface area contributed by atoms with Crippen LogP contribution >= 0.6 is 11.8 Å². The lowest BCUT2D eigenvalue weighted by Gasteiger charge is -2.21. The number of fused-ring (bicyclic) bond motifs is 1. The average Bonchev–Trinajstić information content (AvgIpc) is 3.16. The Morgan fingerprint density at radius 1 is 1.10 bits per heavy atom. The van der Waals surface area contributed by atoms with E-state index < -0.39 is 4.75 Å². The zero-order chi connectivity index (χ0) is 22.0. The highest BCUT2D eigenvalue weighted by molar-refractivity contribution is 8.01. The van der Waals surface area contributed by atoms with Crippen molar-refractivity contribution >= 4 is 28.8 Å². The van der Waals surface area contributed by atoms with Crippen molar-refractivity contribution in [3.8, 4) is 16.8 Å². The zero-order valence-electron chi connectivity index (χ0n) is 17.5. The van der Waals surface area contributed by atoms with E-state index in [2.05, 4.69) is 9.97 Å². The molecule has 0 amide bonds. The van der Waals surface area contributed by atoms with E-state index in [1.165, 1.54) is 30.2 Å². The Hall–Kier alpha value is -3.19. The van der Waals surface area contributed by atoms with E-state index >= 15 is 0 Å². The van der Waals surface area contributed by atoms with Crippen molar-refractivity contribution in [1.82, 2.24) is 14.5 Å². The quantitative estimate of drug-likeness (QED) is 0.222. The molecule has 0 saturated heterocycles. The Morgan fingerprint density at radius 2 is 1.81 bits per heavy atom. The van der Waals surface area contributed by atoms with Crippen LogP contribution in [-0.4, -0.2) is 31.9 Å². The highest BCUT2D eigenvalue weighted by Gasteiger charge is 2.33. The van der Waals surface area contributed by atoms with Crippen LogP contribution in [0.3, 0.4) is 0 Å². The maximum atomic E-state index is 13.5. The van der Waals surface area contributed by atoms with Crippen LogP contribution in [0.25, 0.3) is 27.8 Å². The number of aromatic nitrogens is 3. The van der Waals surface area contributed by atoms with E-state index in [0.717, 1.165) is 22.2 Å². The van der Waals surface area contributed by atoms with Crippen LogP contribution < -0.4 is 0 Å². The minimum atomic E-state index is -0.830. The van der Waals surface area contributed by atoms with Gasteiger partial charge in [0.2, 0.25) is 0 Å². The molecule has 0 aliphatic heterocycles. The maximum Gasteiger partial charge on any atom is 0.322 e. The van der Waals surface area contributed by atoms with Crippen LogP contribution in [0.1, 0.15) is 20.8 Å². The fourth-order valence-electron chi connectivity index (χ4n) is 3.33. The summed E-state index contributed by atoms with van der Waals surface area (Å²) in [5.74, 6) is -0.600. The van der Waals surface area contributed by atoms with Crippen molar-refractivity contribution in [2.75, 3.05) is 6.61 Å². The lowest BCUT2D eigenvalue weighted by Crippen LogP contribution is -2.30. The number of carbonyl (C=O) groups is 1. The van der Waals surface area contributed by atoms with Gasteiger partial charge in [0.05, 0.1) is 12.0 Å². The Kier molecular flexibility index (Phi) is 5.78.